The minimum absolute atomic E-state index is 0.321. The fourth-order valence-electron chi connectivity index (χ4n) is 1.35. The summed E-state index contributed by atoms with van der Waals surface area (Å²) in [4.78, 5) is 15.7. The number of amides is 2. The van der Waals surface area contributed by atoms with E-state index < -0.39 is 0 Å². The number of urea groups is 1. The van der Waals surface area contributed by atoms with Gasteiger partial charge >= 0.3 is 6.03 Å². The van der Waals surface area contributed by atoms with Crippen LogP contribution < -0.4 is 15.4 Å². The molecule has 0 saturated carbocycles. The molecule has 2 N–H and O–H groups in total. The first kappa shape index (κ1) is 16.1. The van der Waals surface area contributed by atoms with Crippen molar-refractivity contribution in [3.63, 3.8) is 0 Å². The number of ether oxygens (including phenoxy) is 1. The lowest BCUT2D eigenvalue weighted by Gasteiger charge is -2.07. The molecule has 0 radical (unpaired) electrons. The molecular weight excluding hydrogens is 376 g/mol. The zero-order chi connectivity index (χ0) is 15.1. The molecule has 0 atom stereocenters. The van der Waals surface area contributed by atoms with Gasteiger partial charge in [0.25, 0.3) is 0 Å². The third-order valence-electron chi connectivity index (χ3n) is 2.28. The third-order valence-corrected chi connectivity index (χ3v) is 4.10. The molecule has 1 aromatic carbocycles. The lowest BCUT2D eigenvalue weighted by molar-refractivity contribution is 0.247. The van der Waals surface area contributed by atoms with Crippen LogP contribution in [-0.2, 0) is 0 Å². The number of anilines is 1. The average molecular weight is 389 g/mol. The Hall–Kier alpha value is -1.32. The van der Waals surface area contributed by atoms with E-state index in [9.17, 15) is 4.79 Å². The Bertz CT molecular complexity index is 591. The van der Waals surface area contributed by atoms with E-state index in [1.807, 2.05) is 30.5 Å². The molecule has 9 heteroatoms. The van der Waals surface area contributed by atoms with Gasteiger partial charge < -0.3 is 10.1 Å². The lowest BCUT2D eigenvalue weighted by Crippen LogP contribution is -2.32. The van der Waals surface area contributed by atoms with Crippen LogP contribution in [0.4, 0.5) is 9.93 Å². The van der Waals surface area contributed by atoms with E-state index in [-0.39, 0.29) is 6.03 Å². The minimum atomic E-state index is -0.321. The smallest absolute Gasteiger partial charge is 0.321 e. The van der Waals surface area contributed by atoms with Crippen molar-refractivity contribution in [2.45, 2.75) is 5.16 Å². The first-order valence-corrected chi connectivity index (χ1v) is 8.77. The van der Waals surface area contributed by atoms with Gasteiger partial charge in [-0.1, -0.05) is 27.7 Å². The molecule has 21 heavy (non-hydrogen) atoms. The predicted octanol–water partition coefficient (Wildman–Crippen LogP) is 3.22. The second-order valence-corrected chi connectivity index (χ2v) is 6.21. The van der Waals surface area contributed by atoms with Gasteiger partial charge in [0.2, 0.25) is 10.3 Å². The molecule has 0 unspecified atom stereocenters. The molecule has 1 aromatic heterocycles. The molecule has 0 saturated heterocycles. The van der Waals surface area contributed by atoms with Crippen LogP contribution in [0.15, 0.2) is 33.9 Å². The molecule has 6 nitrogen and oxygen atoms in total. The van der Waals surface area contributed by atoms with Gasteiger partial charge in [-0.25, -0.2) is 4.79 Å². The van der Waals surface area contributed by atoms with Gasteiger partial charge in [-0.05, 0) is 30.5 Å². The molecule has 112 valence electrons. The Kier molecular flexibility index (Phi) is 6.27. The molecule has 0 aliphatic rings. The highest BCUT2D eigenvalue weighted by molar-refractivity contribution is 9.10. The van der Waals surface area contributed by atoms with Crippen LogP contribution in [0.3, 0.4) is 0 Å². The molecule has 0 aliphatic heterocycles. The molecule has 0 fully saturated rings. The number of aromatic nitrogens is 2. The number of benzene rings is 1. The molecule has 0 spiro atoms. The highest BCUT2D eigenvalue weighted by atomic mass is 79.9. The van der Waals surface area contributed by atoms with E-state index in [1.165, 1.54) is 11.8 Å². The second-order valence-electron chi connectivity index (χ2n) is 3.77. The van der Waals surface area contributed by atoms with Gasteiger partial charge in [0, 0.05) is 16.0 Å². The summed E-state index contributed by atoms with van der Waals surface area (Å²) < 4.78 is 10.5. The maximum atomic E-state index is 11.6. The van der Waals surface area contributed by atoms with E-state index in [2.05, 4.69) is 35.9 Å². The Labute approximate surface area is 139 Å². The SMILES string of the molecule is CSc1nsc(NC(=O)NCCOc2ccc(Br)cc2)n1. The van der Waals surface area contributed by atoms with E-state index in [0.717, 1.165) is 21.8 Å². The minimum Gasteiger partial charge on any atom is -0.492 e. The topological polar surface area (TPSA) is 76.1 Å². The number of thioether (sulfide) groups is 1. The van der Waals surface area contributed by atoms with Crippen molar-refractivity contribution in [1.82, 2.24) is 14.7 Å². The van der Waals surface area contributed by atoms with Crippen molar-refractivity contribution in [3.05, 3.63) is 28.7 Å². The second kappa shape index (κ2) is 8.20. The summed E-state index contributed by atoms with van der Waals surface area (Å²) in [6.45, 7) is 0.789. The summed E-state index contributed by atoms with van der Waals surface area (Å²) in [6, 6.07) is 7.19. The predicted molar refractivity (Wildman–Crippen MR) is 88.3 cm³/mol. The number of hydrogen-bond donors (Lipinski definition) is 2. The summed E-state index contributed by atoms with van der Waals surface area (Å²) in [5.74, 6) is 0.758. The van der Waals surface area contributed by atoms with Crippen LogP contribution in [0.5, 0.6) is 5.75 Å². The zero-order valence-electron chi connectivity index (χ0n) is 11.1. The highest BCUT2D eigenvalue weighted by Crippen LogP contribution is 2.17. The summed E-state index contributed by atoms with van der Waals surface area (Å²) in [5, 5.41) is 6.43. The number of carbonyl (C=O) groups is 1. The van der Waals surface area contributed by atoms with Crippen LogP contribution in [0, 0.1) is 0 Å². The van der Waals surface area contributed by atoms with Gasteiger partial charge in [-0.3, -0.25) is 5.32 Å². The third kappa shape index (κ3) is 5.52. The quantitative estimate of drug-likeness (QED) is 0.586. The number of halogens is 1. The Balaban J connectivity index is 1.66. The first-order valence-electron chi connectivity index (χ1n) is 5.98. The summed E-state index contributed by atoms with van der Waals surface area (Å²) in [5.41, 5.74) is 0. The van der Waals surface area contributed by atoms with Crippen molar-refractivity contribution in [1.29, 1.82) is 0 Å². The van der Waals surface area contributed by atoms with Crippen LogP contribution in [0.2, 0.25) is 0 Å². The van der Waals surface area contributed by atoms with Crippen molar-refractivity contribution in [2.24, 2.45) is 0 Å². The number of nitrogens with zero attached hydrogens (tertiary/aromatic N) is 2. The molecule has 2 rings (SSSR count). The molecule has 1 heterocycles. The molecule has 0 aliphatic carbocycles. The number of carbonyl (C=O) groups excluding carboxylic acids is 1. The first-order chi connectivity index (χ1) is 10.2. The highest BCUT2D eigenvalue weighted by Gasteiger charge is 2.06. The molecule has 2 amide bonds. The monoisotopic (exact) mass is 388 g/mol. The van der Waals surface area contributed by atoms with Crippen LogP contribution in [-0.4, -0.2) is 34.8 Å². The van der Waals surface area contributed by atoms with Crippen molar-refractivity contribution >= 4 is 50.4 Å². The van der Waals surface area contributed by atoms with Gasteiger partial charge in [0.05, 0.1) is 6.54 Å². The molecular formula is C12H13BrN4O2S2. The largest absolute Gasteiger partial charge is 0.492 e. The maximum absolute atomic E-state index is 11.6. The van der Waals surface area contributed by atoms with Gasteiger partial charge in [-0.15, -0.1) is 0 Å². The lowest BCUT2D eigenvalue weighted by atomic mass is 10.3. The van der Waals surface area contributed by atoms with E-state index in [1.54, 1.807) is 0 Å². The van der Waals surface area contributed by atoms with Crippen molar-refractivity contribution in [3.8, 4) is 5.75 Å². The van der Waals surface area contributed by atoms with E-state index in [0.29, 0.717) is 23.4 Å². The average Bonchev–Trinajstić information content (AvgIpc) is 2.93. The fourth-order valence-corrected chi connectivity index (χ4v) is 2.73. The number of rotatable bonds is 6. The normalized spacial score (nSPS) is 10.2. The molecule has 0 bridgehead atoms. The number of nitrogens with one attached hydrogen (secondary N) is 2. The maximum Gasteiger partial charge on any atom is 0.321 e. The van der Waals surface area contributed by atoms with E-state index in [4.69, 9.17) is 4.74 Å². The van der Waals surface area contributed by atoms with Crippen LogP contribution in [0.1, 0.15) is 0 Å². The Morgan fingerprint density at radius 1 is 1.43 bits per heavy atom. The van der Waals surface area contributed by atoms with Crippen molar-refractivity contribution < 1.29 is 9.53 Å². The molecule has 2 aromatic rings. The number of hydrogen-bond acceptors (Lipinski definition) is 6. The van der Waals surface area contributed by atoms with E-state index >= 15 is 0 Å². The van der Waals surface area contributed by atoms with Gasteiger partial charge in [0.1, 0.15) is 12.4 Å². The summed E-state index contributed by atoms with van der Waals surface area (Å²) in [6.07, 6.45) is 1.88. The van der Waals surface area contributed by atoms with Gasteiger partial charge in [-0.2, -0.15) is 9.36 Å². The Morgan fingerprint density at radius 3 is 2.86 bits per heavy atom. The summed E-state index contributed by atoms with van der Waals surface area (Å²) in [7, 11) is 0. The zero-order valence-corrected chi connectivity index (χ0v) is 14.3. The van der Waals surface area contributed by atoms with Gasteiger partial charge in [0.15, 0.2) is 0 Å². The fraction of sp³-hybridized carbons (Fsp3) is 0.250. The summed E-state index contributed by atoms with van der Waals surface area (Å²) >= 11 is 5.93. The standard InChI is InChI=1S/C12H13BrN4O2S2/c1-20-12-16-11(21-17-12)15-10(18)14-6-7-19-9-4-2-8(13)3-5-9/h2-5H,6-7H2,1H3,(H2,14,15,16,17,18). The van der Waals surface area contributed by atoms with Crippen molar-refractivity contribution in [2.75, 3.05) is 24.7 Å². The Morgan fingerprint density at radius 2 is 2.19 bits per heavy atom. The van der Waals surface area contributed by atoms with Crippen LogP contribution in [0.25, 0.3) is 0 Å². The van der Waals surface area contributed by atoms with Crippen LogP contribution >= 0.6 is 39.2 Å².